The van der Waals surface area contributed by atoms with E-state index in [0.29, 0.717) is 5.75 Å². The van der Waals surface area contributed by atoms with Crippen molar-refractivity contribution < 1.29 is 19.1 Å². The highest BCUT2D eigenvalue weighted by Crippen LogP contribution is 2.44. The highest BCUT2D eigenvalue weighted by atomic mass is 32.2. The SMILES string of the molecule is CC(C)(C)SC[C@H](N)C(=O)OC(=O)OCC1c2ccccc2-c2ccccc21. The summed E-state index contributed by atoms with van der Waals surface area (Å²) in [4.78, 5) is 24.0. The quantitative estimate of drug-likeness (QED) is 0.595. The molecule has 0 heterocycles. The molecule has 0 aliphatic heterocycles. The molecule has 0 aromatic heterocycles. The second kappa shape index (κ2) is 8.37. The summed E-state index contributed by atoms with van der Waals surface area (Å²) in [5, 5.41) is 0. The van der Waals surface area contributed by atoms with Crippen molar-refractivity contribution in [1.29, 1.82) is 0 Å². The van der Waals surface area contributed by atoms with Gasteiger partial charge >= 0.3 is 12.1 Å². The lowest BCUT2D eigenvalue weighted by Crippen LogP contribution is -2.37. The van der Waals surface area contributed by atoms with E-state index in [9.17, 15) is 9.59 Å². The van der Waals surface area contributed by atoms with Gasteiger partial charge in [-0.15, -0.1) is 0 Å². The van der Waals surface area contributed by atoms with Crippen molar-refractivity contribution in [3.05, 3.63) is 59.7 Å². The summed E-state index contributed by atoms with van der Waals surface area (Å²) in [6.07, 6.45) is -1.01. The molecule has 2 aromatic carbocycles. The van der Waals surface area contributed by atoms with Gasteiger partial charge in [0.05, 0.1) is 0 Å². The Morgan fingerprint density at radius 2 is 1.57 bits per heavy atom. The number of nitrogens with two attached hydrogens (primary N) is 1. The van der Waals surface area contributed by atoms with Crippen LogP contribution in [-0.2, 0) is 14.3 Å². The van der Waals surface area contributed by atoms with Crippen molar-refractivity contribution in [2.24, 2.45) is 5.73 Å². The number of rotatable bonds is 5. The fourth-order valence-electron chi connectivity index (χ4n) is 3.19. The minimum atomic E-state index is -1.01. The molecule has 0 bridgehead atoms. The predicted molar refractivity (Wildman–Crippen MR) is 111 cm³/mol. The number of fused-ring (bicyclic) bond motifs is 3. The highest BCUT2D eigenvalue weighted by molar-refractivity contribution is 8.00. The van der Waals surface area contributed by atoms with E-state index in [1.807, 2.05) is 57.2 Å². The van der Waals surface area contributed by atoms with E-state index in [-0.39, 0.29) is 17.3 Å². The van der Waals surface area contributed by atoms with E-state index in [2.05, 4.69) is 12.1 Å². The van der Waals surface area contributed by atoms with Gasteiger partial charge in [0, 0.05) is 16.4 Å². The number of carbonyl (C=O) groups is 2. The van der Waals surface area contributed by atoms with Crippen molar-refractivity contribution in [2.45, 2.75) is 37.5 Å². The van der Waals surface area contributed by atoms with Gasteiger partial charge in [0.2, 0.25) is 0 Å². The molecule has 1 aliphatic carbocycles. The standard InChI is InChI=1S/C22H25NO4S/c1-22(2,3)28-13-19(23)20(24)27-21(25)26-12-18-16-10-6-4-8-14(16)15-9-5-7-11-17(15)18/h4-11,18-19H,12-13,23H2,1-3H3/t19-/m0/s1. The molecular formula is C22H25NO4S. The molecule has 28 heavy (non-hydrogen) atoms. The van der Waals surface area contributed by atoms with Crippen molar-refractivity contribution in [1.82, 2.24) is 0 Å². The first-order valence-corrected chi connectivity index (χ1v) is 10.2. The van der Waals surface area contributed by atoms with Crippen LogP contribution in [0.1, 0.15) is 37.8 Å². The molecule has 0 spiro atoms. The van der Waals surface area contributed by atoms with Crippen molar-refractivity contribution in [3.8, 4) is 11.1 Å². The van der Waals surface area contributed by atoms with E-state index in [0.717, 1.165) is 22.3 Å². The lowest BCUT2D eigenvalue weighted by molar-refractivity contribution is -0.140. The summed E-state index contributed by atoms with van der Waals surface area (Å²) in [7, 11) is 0. The lowest BCUT2D eigenvalue weighted by Gasteiger charge is -2.19. The predicted octanol–water partition coefficient (Wildman–Crippen LogP) is 4.34. The zero-order valence-corrected chi connectivity index (χ0v) is 17.1. The van der Waals surface area contributed by atoms with Crippen LogP contribution in [-0.4, -0.2) is 35.3 Å². The fraction of sp³-hybridized carbons (Fsp3) is 0.364. The van der Waals surface area contributed by atoms with E-state index < -0.39 is 18.2 Å². The van der Waals surface area contributed by atoms with Crippen LogP contribution < -0.4 is 5.73 Å². The molecule has 1 atom stereocenters. The number of carbonyl (C=O) groups excluding carboxylic acids is 2. The zero-order valence-electron chi connectivity index (χ0n) is 16.3. The maximum atomic E-state index is 12.0. The maximum absolute atomic E-state index is 12.0. The van der Waals surface area contributed by atoms with Gasteiger partial charge in [0.15, 0.2) is 0 Å². The number of benzene rings is 2. The summed E-state index contributed by atoms with van der Waals surface area (Å²) in [6.45, 7) is 6.19. The number of hydrogen-bond acceptors (Lipinski definition) is 6. The molecular weight excluding hydrogens is 374 g/mol. The Balaban J connectivity index is 1.59. The highest BCUT2D eigenvalue weighted by Gasteiger charge is 2.30. The van der Waals surface area contributed by atoms with Gasteiger partial charge in [-0.3, -0.25) is 0 Å². The van der Waals surface area contributed by atoms with Crippen molar-refractivity contribution in [2.75, 3.05) is 12.4 Å². The second-order valence-electron chi connectivity index (χ2n) is 7.74. The number of hydrogen-bond donors (Lipinski definition) is 1. The Hall–Kier alpha value is -2.31. The number of esters is 1. The molecule has 0 radical (unpaired) electrons. The van der Waals surface area contributed by atoms with Crippen LogP contribution in [0, 0.1) is 0 Å². The molecule has 0 fully saturated rings. The summed E-state index contributed by atoms with van der Waals surface area (Å²) < 4.78 is 10.0. The largest absolute Gasteiger partial charge is 0.516 e. The fourth-order valence-corrected chi connectivity index (χ4v) is 4.00. The summed E-state index contributed by atoms with van der Waals surface area (Å²) in [6, 6.07) is 15.2. The molecule has 148 valence electrons. The van der Waals surface area contributed by atoms with Crippen LogP contribution in [0.15, 0.2) is 48.5 Å². The lowest BCUT2D eigenvalue weighted by atomic mass is 9.98. The zero-order chi connectivity index (χ0) is 20.3. The Labute approximate surface area is 169 Å². The third-order valence-corrected chi connectivity index (χ3v) is 5.90. The third-order valence-electron chi connectivity index (χ3n) is 4.51. The Bertz CT molecular complexity index is 829. The second-order valence-corrected chi connectivity index (χ2v) is 9.59. The number of ether oxygens (including phenoxy) is 2. The van der Waals surface area contributed by atoms with Gasteiger partial charge in [-0.2, -0.15) is 11.8 Å². The molecule has 0 amide bonds. The molecule has 1 aliphatic rings. The number of thioether (sulfide) groups is 1. The molecule has 2 N–H and O–H groups in total. The first-order valence-electron chi connectivity index (χ1n) is 9.22. The normalized spacial score (nSPS) is 14.1. The van der Waals surface area contributed by atoms with E-state index in [4.69, 9.17) is 15.2 Å². The topological polar surface area (TPSA) is 78.6 Å². The summed E-state index contributed by atoms with van der Waals surface area (Å²) >= 11 is 1.54. The van der Waals surface area contributed by atoms with Crippen LogP contribution >= 0.6 is 11.8 Å². The van der Waals surface area contributed by atoms with Gasteiger partial charge in [-0.05, 0) is 22.3 Å². The van der Waals surface area contributed by atoms with Gasteiger partial charge in [0.25, 0.3) is 0 Å². The Morgan fingerprint density at radius 1 is 1.04 bits per heavy atom. The van der Waals surface area contributed by atoms with Gasteiger partial charge in [0.1, 0.15) is 12.6 Å². The third kappa shape index (κ3) is 4.75. The maximum Gasteiger partial charge on any atom is 0.516 e. The minimum Gasteiger partial charge on any atom is -0.433 e. The van der Waals surface area contributed by atoms with Crippen molar-refractivity contribution >= 4 is 23.9 Å². The Kier molecular flexibility index (Phi) is 6.10. The van der Waals surface area contributed by atoms with E-state index in [1.165, 1.54) is 11.8 Å². The summed E-state index contributed by atoms with van der Waals surface area (Å²) in [5.74, 6) is -0.479. The first-order chi connectivity index (χ1) is 13.3. The molecule has 3 rings (SSSR count). The van der Waals surface area contributed by atoms with E-state index in [1.54, 1.807) is 0 Å². The van der Waals surface area contributed by atoms with Gasteiger partial charge in [-0.25, -0.2) is 9.59 Å². The van der Waals surface area contributed by atoms with Crippen molar-refractivity contribution in [3.63, 3.8) is 0 Å². The van der Waals surface area contributed by atoms with Crippen LogP contribution in [0.25, 0.3) is 11.1 Å². The van der Waals surface area contributed by atoms with Crippen LogP contribution in [0.3, 0.4) is 0 Å². The summed E-state index contributed by atoms with van der Waals surface area (Å²) in [5.41, 5.74) is 10.3. The molecule has 6 heteroatoms. The van der Waals surface area contributed by atoms with Crippen LogP contribution in [0.2, 0.25) is 0 Å². The van der Waals surface area contributed by atoms with Crippen LogP contribution in [0.5, 0.6) is 0 Å². The average molecular weight is 400 g/mol. The molecule has 5 nitrogen and oxygen atoms in total. The molecule has 0 unspecified atom stereocenters. The van der Waals surface area contributed by atoms with Crippen LogP contribution in [0.4, 0.5) is 4.79 Å². The smallest absolute Gasteiger partial charge is 0.433 e. The monoisotopic (exact) mass is 399 g/mol. The molecule has 2 aromatic rings. The Morgan fingerprint density at radius 3 is 2.11 bits per heavy atom. The molecule has 0 saturated carbocycles. The average Bonchev–Trinajstić information content (AvgIpc) is 2.98. The van der Waals surface area contributed by atoms with Gasteiger partial charge in [-0.1, -0.05) is 69.3 Å². The van der Waals surface area contributed by atoms with Gasteiger partial charge < -0.3 is 15.2 Å². The minimum absolute atomic E-state index is 0.0261. The molecule has 0 saturated heterocycles. The first kappa shape index (κ1) is 20.4. The van der Waals surface area contributed by atoms with E-state index >= 15 is 0 Å².